The number of ether oxygens (including phenoxy) is 2. The number of hydrogen-bond donors (Lipinski definition) is 1. The van der Waals surface area contributed by atoms with E-state index in [0.29, 0.717) is 37.1 Å². The number of carbonyl (C=O) groups excluding carboxylic acids is 1. The number of carbonyl (C=O) groups is 1. The Kier molecular flexibility index (Phi) is 6.74. The van der Waals surface area contributed by atoms with Crippen LogP contribution in [0.25, 0.3) is 22.3 Å². The topological polar surface area (TPSA) is 97.6 Å². The fourth-order valence-electron chi connectivity index (χ4n) is 3.95. The van der Waals surface area contributed by atoms with E-state index in [2.05, 4.69) is 26.8 Å². The SMILES string of the molecule is C=CC(=O)N1CCN(CCn2nc(-c3cc(OC)cc(OC)c3)c3cnc(NC)nc32)CC1. The Hall–Kier alpha value is -3.66. The Balaban J connectivity index is 1.61. The van der Waals surface area contributed by atoms with Crippen molar-refractivity contribution < 1.29 is 14.3 Å². The molecule has 0 atom stereocenters. The molecule has 0 aliphatic carbocycles. The molecular formula is C23H29N7O3. The largest absolute Gasteiger partial charge is 0.497 e. The third-order valence-corrected chi connectivity index (χ3v) is 5.82. The predicted octanol–water partition coefficient (Wildman–Crippen LogP) is 1.88. The number of fused-ring (bicyclic) bond motifs is 1. The van der Waals surface area contributed by atoms with E-state index in [0.717, 1.165) is 41.9 Å². The summed E-state index contributed by atoms with van der Waals surface area (Å²) >= 11 is 0. The van der Waals surface area contributed by atoms with Gasteiger partial charge in [0, 0.05) is 57.6 Å². The van der Waals surface area contributed by atoms with Crippen LogP contribution < -0.4 is 14.8 Å². The molecule has 1 aliphatic heterocycles. The first kappa shape index (κ1) is 22.5. The zero-order valence-corrected chi connectivity index (χ0v) is 19.2. The second-order valence-electron chi connectivity index (χ2n) is 7.73. The number of hydrogen-bond acceptors (Lipinski definition) is 8. The number of aromatic nitrogens is 4. The molecule has 174 valence electrons. The maximum atomic E-state index is 11.8. The van der Waals surface area contributed by atoms with Crippen LogP contribution in [0.4, 0.5) is 5.95 Å². The van der Waals surface area contributed by atoms with Crippen molar-refractivity contribution in [3.8, 4) is 22.8 Å². The molecule has 0 spiro atoms. The van der Waals surface area contributed by atoms with E-state index in [-0.39, 0.29) is 5.91 Å². The molecule has 3 aromatic rings. The lowest BCUT2D eigenvalue weighted by atomic mass is 10.1. The minimum Gasteiger partial charge on any atom is -0.497 e. The van der Waals surface area contributed by atoms with Crippen molar-refractivity contribution in [3.05, 3.63) is 37.1 Å². The zero-order valence-electron chi connectivity index (χ0n) is 19.2. The highest BCUT2D eigenvalue weighted by Crippen LogP contribution is 2.33. The molecule has 33 heavy (non-hydrogen) atoms. The maximum Gasteiger partial charge on any atom is 0.246 e. The smallest absolute Gasteiger partial charge is 0.246 e. The fourth-order valence-corrected chi connectivity index (χ4v) is 3.95. The summed E-state index contributed by atoms with van der Waals surface area (Å²) in [5, 5.41) is 8.75. The molecule has 10 nitrogen and oxygen atoms in total. The summed E-state index contributed by atoms with van der Waals surface area (Å²) < 4.78 is 12.8. The molecule has 1 aromatic carbocycles. The molecule has 0 radical (unpaired) electrons. The van der Waals surface area contributed by atoms with E-state index < -0.39 is 0 Å². The summed E-state index contributed by atoms with van der Waals surface area (Å²) in [5.41, 5.74) is 2.39. The maximum absolute atomic E-state index is 11.8. The summed E-state index contributed by atoms with van der Waals surface area (Å²) in [6.45, 7) is 8.06. The molecule has 2 aromatic heterocycles. The van der Waals surface area contributed by atoms with Gasteiger partial charge < -0.3 is 19.7 Å². The van der Waals surface area contributed by atoms with E-state index in [1.807, 2.05) is 27.8 Å². The minimum absolute atomic E-state index is 0.0117. The van der Waals surface area contributed by atoms with E-state index in [1.165, 1.54) is 6.08 Å². The van der Waals surface area contributed by atoms with Gasteiger partial charge in [-0.3, -0.25) is 9.69 Å². The molecule has 0 unspecified atom stereocenters. The van der Waals surface area contributed by atoms with Gasteiger partial charge in [0.25, 0.3) is 0 Å². The van der Waals surface area contributed by atoms with Crippen LogP contribution in [0.5, 0.6) is 11.5 Å². The van der Waals surface area contributed by atoms with Crippen LogP contribution in [-0.4, -0.2) is 89.4 Å². The van der Waals surface area contributed by atoms with Crippen LogP contribution >= 0.6 is 0 Å². The van der Waals surface area contributed by atoms with Crippen LogP contribution in [0, 0.1) is 0 Å². The summed E-state index contributed by atoms with van der Waals surface area (Å²) in [5.74, 6) is 1.90. The Bertz CT molecular complexity index is 1130. The third-order valence-electron chi connectivity index (χ3n) is 5.82. The number of amides is 1. The second-order valence-corrected chi connectivity index (χ2v) is 7.73. The summed E-state index contributed by atoms with van der Waals surface area (Å²) in [4.78, 5) is 25.0. The molecule has 1 aliphatic rings. The lowest BCUT2D eigenvalue weighted by Crippen LogP contribution is -2.48. The van der Waals surface area contributed by atoms with Gasteiger partial charge in [0.1, 0.15) is 17.2 Å². The average molecular weight is 452 g/mol. The second kappa shape index (κ2) is 9.86. The van der Waals surface area contributed by atoms with Crippen LogP contribution in [0.2, 0.25) is 0 Å². The lowest BCUT2D eigenvalue weighted by molar-refractivity contribution is -0.127. The zero-order chi connectivity index (χ0) is 23.4. The predicted molar refractivity (Wildman–Crippen MR) is 127 cm³/mol. The van der Waals surface area contributed by atoms with Gasteiger partial charge in [-0.25, -0.2) is 9.67 Å². The quantitative estimate of drug-likeness (QED) is 0.519. The molecule has 1 N–H and O–H groups in total. The first-order valence-electron chi connectivity index (χ1n) is 10.8. The summed E-state index contributed by atoms with van der Waals surface area (Å²) in [7, 11) is 5.04. The van der Waals surface area contributed by atoms with Crippen LogP contribution in [-0.2, 0) is 11.3 Å². The molecule has 0 bridgehead atoms. The van der Waals surface area contributed by atoms with Crippen molar-refractivity contribution in [1.82, 2.24) is 29.5 Å². The molecule has 1 fully saturated rings. The van der Waals surface area contributed by atoms with Crippen molar-refractivity contribution in [2.75, 3.05) is 59.3 Å². The Morgan fingerprint density at radius 1 is 1.12 bits per heavy atom. The Morgan fingerprint density at radius 3 is 2.42 bits per heavy atom. The summed E-state index contributed by atoms with van der Waals surface area (Å²) in [6.07, 6.45) is 3.16. The minimum atomic E-state index is -0.0117. The van der Waals surface area contributed by atoms with E-state index in [1.54, 1.807) is 27.5 Å². The number of methoxy groups -OCH3 is 2. The Labute approximate surface area is 192 Å². The lowest BCUT2D eigenvalue weighted by Gasteiger charge is -2.34. The van der Waals surface area contributed by atoms with Crippen molar-refractivity contribution in [2.45, 2.75) is 6.54 Å². The first-order chi connectivity index (χ1) is 16.1. The van der Waals surface area contributed by atoms with Gasteiger partial charge in [-0.15, -0.1) is 0 Å². The Morgan fingerprint density at radius 2 is 1.82 bits per heavy atom. The van der Waals surface area contributed by atoms with E-state index >= 15 is 0 Å². The van der Waals surface area contributed by atoms with Gasteiger partial charge in [-0.2, -0.15) is 10.1 Å². The fraction of sp³-hybridized carbons (Fsp3) is 0.391. The first-order valence-corrected chi connectivity index (χ1v) is 10.8. The standard InChI is InChI=1S/C23H29N7O3/c1-5-20(31)29-9-6-28(7-10-29)8-11-30-22-19(15-25-23(24-2)26-22)21(27-30)16-12-17(32-3)14-18(13-16)33-4/h5,12-15H,1,6-11H2,2-4H3,(H,24,25,26). The molecule has 1 amide bonds. The van der Waals surface area contributed by atoms with Gasteiger partial charge in [-0.05, 0) is 18.2 Å². The highest BCUT2D eigenvalue weighted by molar-refractivity contribution is 5.91. The number of nitrogens with zero attached hydrogens (tertiary/aromatic N) is 6. The number of benzene rings is 1. The van der Waals surface area contributed by atoms with Gasteiger partial charge in [0.05, 0.1) is 26.2 Å². The number of piperazine rings is 1. The van der Waals surface area contributed by atoms with Crippen molar-refractivity contribution in [3.63, 3.8) is 0 Å². The highest BCUT2D eigenvalue weighted by Gasteiger charge is 2.21. The highest BCUT2D eigenvalue weighted by atomic mass is 16.5. The normalized spacial score (nSPS) is 14.3. The van der Waals surface area contributed by atoms with Gasteiger partial charge in [-0.1, -0.05) is 6.58 Å². The molecule has 4 rings (SSSR count). The van der Waals surface area contributed by atoms with Crippen molar-refractivity contribution >= 4 is 22.9 Å². The molecule has 3 heterocycles. The average Bonchev–Trinajstić information content (AvgIpc) is 3.24. The summed E-state index contributed by atoms with van der Waals surface area (Å²) in [6, 6.07) is 5.68. The van der Waals surface area contributed by atoms with Crippen LogP contribution in [0.1, 0.15) is 0 Å². The van der Waals surface area contributed by atoms with Crippen LogP contribution in [0.15, 0.2) is 37.1 Å². The van der Waals surface area contributed by atoms with Gasteiger partial charge >= 0.3 is 0 Å². The number of rotatable bonds is 8. The van der Waals surface area contributed by atoms with Crippen molar-refractivity contribution in [2.24, 2.45) is 0 Å². The van der Waals surface area contributed by atoms with Crippen molar-refractivity contribution in [1.29, 1.82) is 0 Å². The van der Waals surface area contributed by atoms with Gasteiger partial charge in [0.15, 0.2) is 5.65 Å². The molecular weight excluding hydrogens is 422 g/mol. The van der Waals surface area contributed by atoms with E-state index in [4.69, 9.17) is 14.6 Å². The third kappa shape index (κ3) is 4.75. The van der Waals surface area contributed by atoms with Crippen LogP contribution in [0.3, 0.4) is 0 Å². The van der Waals surface area contributed by atoms with E-state index in [9.17, 15) is 4.79 Å². The van der Waals surface area contributed by atoms with Gasteiger partial charge in [0.2, 0.25) is 11.9 Å². The molecule has 0 saturated carbocycles. The monoisotopic (exact) mass is 451 g/mol. The molecule has 1 saturated heterocycles. The number of anilines is 1. The number of nitrogens with one attached hydrogen (secondary N) is 1. The molecule has 10 heteroatoms.